The van der Waals surface area contributed by atoms with E-state index in [1.54, 1.807) is 0 Å². The molecule has 1 aliphatic heterocycles. The summed E-state index contributed by atoms with van der Waals surface area (Å²) < 4.78 is 6.33. The Balaban J connectivity index is 1.15. The largest absolute Gasteiger partial charge is 0.456 e. The predicted octanol–water partition coefficient (Wildman–Crippen LogP) is 13.1. The van der Waals surface area contributed by atoms with Crippen LogP contribution < -0.4 is 9.64 Å². The lowest BCUT2D eigenvalue weighted by molar-refractivity contribution is 0.487. The number of anilines is 3. The first-order valence-corrected chi connectivity index (χ1v) is 16.3. The molecular weight excluding hydrogens is 583 g/mol. The molecule has 0 saturated carbocycles. The lowest BCUT2D eigenvalue weighted by Crippen LogP contribution is -2.11. The summed E-state index contributed by atoms with van der Waals surface area (Å²) in [5, 5.41) is 2.32. The Morgan fingerprint density at radius 1 is 0.333 bits per heavy atom. The highest BCUT2D eigenvalue weighted by molar-refractivity contribution is 6.07. The van der Waals surface area contributed by atoms with Crippen LogP contribution in [0.2, 0.25) is 0 Å². The topological polar surface area (TPSA) is 12.5 Å². The first-order chi connectivity index (χ1) is 23.8. The van der Waals surface area contributed by atoms with E-state index >= 15 is 0 Å². The van der Waals surface area contributed by atoms with Gasteiger partial charge in [0.1, 0.15) is 11.5 Å². The maximum atomic E-state index is 6.33. The summed E-state index contributed by atoms with van der Waals surface area (Å²) in [5.41, 5.74) is 12.8. The van der Waals surface area contributed by atoms with E-state index in [1.807, 2.05) is 6.07 Å². The first-order valence-electron chi connectivity index (χ1n) is 16.3. The van der Waals surface area contributed by atoms with E-state index in [0.717, 1.165) is 50.6 Å². The fourth-order valence-electron chi connectivity index (χ4n) is 6.95. The third kappa shape index (κ3) is 4.92. The molecule has 1 aliphatic rings. The maximum absolute atomic E-state index is 6.33. The Kier molecular flexibility index (Phi) is 6.84. The van der Waals surface area contributed by atoms with Crippen LogP contribution in [-0.2, 0) is 0 Å². The number of fused-ring (bicyclic) bond motifs is 2. The van der Waals surface area contributed by atoms with Crippen molar-refractivity contribution in [3.8, 4) is 56.0 Å². The van der Waals surface area contributed by atoms with Gasteiger partial charge in [0.25, 0.3) is 0 Å². The minimum absolute atomic E-state index is 0.892. The van der Waals surface area contributed by atoms with Gasteiger partial charge < -0.3 is 9.64 Å². The fourth-order valence-corrected chi connectivity index (χ4v) is 6.95. The van der Waals surface area contributed by atoms with Gasteiger partial charge in [0, 0.05) is 27.9 Å². The molecule has 0 bridgehead atoms. The number of ether oxygens (including phenoxy) is 1. The third-order valence-electron chi connectivity index (χ3n) is 9.26. The lowest BCUT2D eigenvalue weighted by atomic mass is 9.90. The van der Waals surface area contributed by atoms with Gasteiger partial charge >= 0.3 is 0 Å². The van der Waals surface area contributed by atoms with Crippen molar-refractivity contribution in [2.75, 3.05) is 4.90 Å². The lowest BCUT2D eigenvalue weighted by Gasteiger charge is -2.28. The highest BCUT2D eigenvalue weighted by atomic mass is 16.5. The number of para-hydroxylation sites is 3. The van der Waals surface area contributed by atoms with Crippen molar-refractivity contribution in [3.63, 3.8) is 0 Å². The SMILES string of the molecule is c1ccc(-c2ccc(-c3ccc(N(c4ccccc4)c4ccccc4-c4cc5c6c(cccc6c4)Oc4ccccc4-5)cc3)cc2)cc1. The molecule has 8 aromatic carbocycles. The monoisotopic (exact) mass is 613 g/mol. The molecule has 0 fully saturated rings. The molecule has 2 nitrogen and oxygen atoms in total. The van der Waals surface area contributed by atoms with E-state index in [1.165, 1.54) is 33.2 Å². The van der Waals surface area contributed by atoms with Gasteiger partial charge in [-0.25, -0.2) is 0 Å². The standard InChI is InChI=1S/C46H31NO/c1-3-12-32(13-4-1)33-22-24-34(25-23-33)35-26-28-39(29-27-35)47(38-15-5-2-6-16-38)43-19-9-7-17-40(43)37-30-36-14-11-21-45-46(36)42(31-37)41-18-8-10-20-44(41)48-45/h1-31H. The average molecular weight is 614 g/mol. The molecule has 0 saturated heterocycles. The first kappa shape index (κ1) is 27.9. The van der Waals surface area contributed by atoms with E-state index in [0.29, 0.717) is 0 Å². The second kappa shape index (κ2) is 11.8. The molecule has 2 heteroatoms. The summed E-state index contributed by atoms with van der Waals surface area (Å²) in [6.45, 7) is 0. The number of nitrogens with zero attached hydrogens (tertiary/aromatic N) is 1. The minimum Gasteiger partial charge on any atom is -0.456 e. The molecule has 0 spiro atoms. The number of benzene rings is 8. The van der Waals surface area contributed by atoms with Crippen LogP contribution in [0.3, 0.4) is 0 Å². The second-order valence-electron chi connectivity index (χ2n) is 12.2. The summed E-state index contributed by atoms with van der Waals surface area (Å²) in [6, 6.07) is 66.9. The van der Waals surface area contributed by atoms with Gasteiger partial charge in [-0.1, -0.05) is 133 Å². The van der Waals surface area contributed by atoms with Gasteiger partial charge in [-0.2, -0.15) is 0 Å². The Morgan fingerprint density at radius 3 is 1.60 bits per heavy atom. The van der Waals surface area contributed by atoms with Gasteiger partial charge in [-0.05, 0) is 93.4 Å². The molecule has 0 atom stereocenters. The molecular formula is C46H31NO. The van der Waals surface area contributed by atoms with Gasteiger partial charge in [0.2, 0.25) is 0 Å². The fraction of sp³-hybridized carbons (Fsp3) is 0. The summed E-state index contributed by atoms with van der Waals surface area (Å²) >= 11 is 0. The van der Waals surface area contributed by atoms with Crippen LogP contribution in [-0.4, -0.2) is 0 Å². The third-order valence-corrected chi connectivity index (χ3v) is 9.26. The molecule has 0 unspecified atom stereocenters. The Labute approximate surface area is 280 Å². The van der Waals surface area contributed by atoms with Crippen LogP contribution in [0, 0.1) is 0 Å². The van der Waals surface area contributed by atoms with Crippen molar-refractivity contribution in [1.82, 2.24) is 0 Å². The number of rotatable bonds is 6. The van der Waals surface area contributed by atoms with E-state index < -0.39 is 0 Å². The highest BCUT2D eigenvalue weighted by Gasteiger charge is 2.23. The van der Waals surface area contributed by atoms with E-state index in [2.05, 4.69) is 187 Å². The van der Waals surface area contributed by atoms with E-state index in [9.17, 15) is 0 Å². The molecule has 9 rings (SSSR count). The summed E-state index contributed by atoms with van der Waals surface area (Å²) in [6.07, 6.45) is 0. The summed E-state index contributed by atoms with van der Waals surface area (Å²) in [5.74, 6) is 1.80. The van der Waals surface area contributed by atoms with Gasteiger partial charge in [0.05, 0.1) is 5.69 Å². The Hall–Kier alpha value is -6.38. The molecule has 48 heavy (non-hydrogen) atoms. The molecule has 0 N–H and O–H groups in total. The normalized spacial score (nSPS) is 11.5. The zero-order valence-corrected chi connectivity index (χ0v) is 26.3. The van der Waals surface area contributed by atoms with Gasteiger partial charge in [-0.15, -0.1) is 0 Å². The van der Waals surface area contributed by atoms with Crippen molar-refractivity contribution in [2.45, 2.75) is 0 Å². The molecule has 0 amide bonds. The molecule has 0 aliphatic carbocycles. The van der Waals surface area contributed by atoms with E-state index in [4.69, 9.17) is 4.74 Å². The molecule has 1 heterocycles. The number of hydrogen-bond acceptors (Lipinski definition) is 2. The Morgan fingerprint density at radius 2 is 0.875 bits per heavy atom. The van der Waals surface area contributed by atoms with Crippen molar-refractivity contribution in [2.24, 2.45) is 0 Å². The van der Waals surface area contributed by atoms with Crippen LogP contribution in [0.5, 0.6) is 11.5 Å². The zero-order chi connectivity index (χ0) is 31.9. The van der Waals surface area contributed by atoms with E-state index in [-0.39, 0.29) is 0 Å². The molecule has 8 aromatic rings. The van der Waals surface area contributed by atoms with Crippen molar-refractivity contribution < 1.29 is 4.74 Å². The van der Waals surface area contributed by atoms with Crippen molar-refractivity contribution >= 4 is 27.8 Å². The smallest absolute Gasteiger partial charge is 0.135 e. The summed E-state index contributed by atoms with van der Waals surface area (Å²) in [7, 11) is 0. The van der Waals surface area contributed by atoms with Crippen LogP contribution in [0.1, 0.15) is 0 Å². The quantitative estimate of drug-likeness (QED) is 0.185. The zero-order valence-electron chi connectivity index (χ0n) is 26.3. The minimum atomic E-state index is 0.892. The molecule has 226 valence electrons. The predicted molar refractivity (Wildman–Crippen MR) is 200 cm³/mol. The molecule has 0 aromatic heterocycles. The average Bonchev–Trinajstić information content (AvgIpc) is 3.16. The van der Waals surface area contributed by atoms with Crippen molar-refractivity contribution in [1.29, 1.82) is 0 Å². The van der Waals surface area contributed by atoms with Crippen LogP contribution in [0.25, 0.3) is 55.3 Å². The number of hydrogen-bond donors (Lipinski definition) is 0. The van der Waals surface area contributed by atoms with Crippen LogP contribution in [0.15, 0.2) is 188 Å². The van der Waals surface area contributed by atoms with Crippen LogP contribution in [0.4, 0.5) is 17.1 Å². The summed E-state index contributed by atoms with van der Waals surface area (Å²) in [4.78, 5) is 2.36. The second-order valence-corrected chi connectivity index (χ2v) is 12.2. The molecule has 0 radical (unpaired) electrons. The van der Waals surface area contributed by atoms with Crippen LogP contribution >= 0.6 is 0 Å². The van der Waals surface area contributed by atoms with Gasteiger partial charge in [0.15, 0.2) is 0 Å². The highest BCUT2D eigenvalue weighted by Crippen LogP contribution is 2.49. The maximum Gasteiger partial charge on any atom is 0.135 e. The Bertz CT molecular complexity index is 2400. The van der Waals surface area contributed by atoms with Gasteiger partial charge in [-0.3, -0.25) is 0 Å². The van der Waals surface area contributed by atoms with Crippen molar-refractivity contribution in [3.05, 3.63) is 188 Å².